The van der Waals surface area contributed by atoms with Crippen molar-refractivity contribution in [2.75, 3.05) is 18.9 Å². The first-order valence-electron chi connectivity index (χ1n) is 6.39. The van der Waals surface area contributed by atoms with Gasteiger partial charge in [-0.3, -0.25) is 4.98 Å². The van der Waals surface area contributed by atoms with Crippen LogP contribution >= 0.6 is 0 Å². The van der Waals surface area contributed by atoms with Gasteiger partial charge in [0.05, 0.1) is 12.3 Å². The number of aromatic nitrogens is 1. The molecule has 0 aromatic carbocycles. The second-order valence-electron chi connectivity index (χ2n) is 4.71. The molecule has 0 saturated carbocycles. The predicted molar refractivity (Wildman–Crippen MR) is 71.9 cm³/mol. The van der Waals surface area contributed by atoms with Crippen LogP contribution in [0, 0.1) is 0 Å². The molecule has 2 rings (SSSR count). The summed E-state index contributed by atoms with van der Waals surface area (Å²) in [6.07, 6.45) is 6.11. The topological polar surface area (TPSA) is 96.5 Å². The van der Waals surface area contributed by atoms with Gasteiger partial charge in [-0.2, -0.15) is 4.31 Å². The van der Waals surface area contributed by atoms with Gasteiger partial charge in [0.2, 0.25) is 10.0 Å². The number of rotatable bonds is 3. The average Bonchev–Trinajstić information content (AvgIpc) is 2.64. The fourth-order valence-electron chi connectivity index (χ4n) is 2.38. The Labute approximate surface area is 113 Å². The molecular formula is C12H19N3O3S. The Morgan fingerprint density at radius 1 is 1.42 bits per heavy atom. The normalized spacial score (nSPS) is 22.1. The molecule has 1 unspecified atom stereocenters. The lowest BCUT2D eigenvalue weighted by atomic mass is 10.1. The maximum atomic E-state index is 12.6. The van der Waals surface area contributed by atoms with E-state index in [4.69, 9.17) is 5.73 Å². The molecule has 106 valence electrons. The lowest BCUT2D eigenvalue weighted by molar-refractivity contribution is 0.186. The fourth-order valence-corrected chi connectivity index (χ4v) is 4.13. The third kappa shape index (κ3) is 2.88. The highest BCUT2D eigenvalue weighted by atomic mass is 32.2. The number of nitrogen functional groups attached to an aromatic ring is 1. The van der Waals surface area contributed by atoms with E-state index in [0.29, 0.717) is 13.0 Å². The summed E-state index contributed by atoms with van der Waals surface area (Å²) in [4.78, 5) is 3.86. The molecule has 6 nitrogen and oxygen atoms in total. The maximum Gasteiger partial charge on any atom is 0.246 e. The van der Waals surface area contributed by atoms with Gasteiger partial charge in [0.25, 0.3) is 0 Å². The largest absolute Gasteiger partial charge is 0.398 e. The zero-order chi connectivity index (χ0) is 13.9. The highest BCUT2D eigenvalue weighted by Crippen LogP contribution is 2.26. The van der Waals surface area contributed by atoms with Gasteiger partial charge in [-0.25, -0.2) is 8.42 Å². The number of nitrogens with two attached hydrogens (primary N) is 1. The van der Waals surface area contributed by atoms with Crippen molar-refractivity contribution in [3.63, 3.8) is 0 Å². The number of sulfonamides is 1. The van der Waals surface area contributed by atoms with E-state index >= 15 is 0 Å². The maximum absolute atomic E-state index is 12.6. The molecule has 0 radical (unpaired) electrons. The smallest absolute Gasteiger partial charge is 0.246 e. The molecule has 0 amide bonds. The van der Waals surface area contributed by atoms with Crippen LogP contribution in [-0.2, 0) is 10.0 Å². The van der Waals surface area contributed by atoms with Crippen molar-refractivity contribution in [3.05, 3.63) is 18.5 Å². The van der Waals surface area contributed by atoms with Crippen LogP contribution < -0.4 is 5.73 Å². The third-order valence-electron chi connectivity index (χ3n) is 3.44. The Morgan fingerprint density at radius 2 is 2.21 bits per heavy atom. The van der Waals surface area contributed by atoms with Crippen LogP contribution in [0.15, 0.2) is 23.4 Å². The number of anilines is 1. The minimum atomic E-state index is -3.69. The zero-order valence-electron chi connectivity index (χ0n) is 10.7. The van der Waals surface area contributed by atoms with Gasteiger partial charge in [0, 0.05) is 25.0 Å². The van der Waals surface area contributed by atoms with Crippen LogP contribution in [0.2, 0.25) is 0 Å². The van der Waals surface area contributed by atoms with Gasteiger partial charge < -0.3 is 10.8 Å². The molecule has 2 heterocycles. The summed E-state index contributed by atoms with van der Waals surface area (Å²) >= 11 is 0. The first-order chi connectivity index (χ1) is 9.07. The predicted octanol–water partition coefficient (Wildman–Crippen LogP) is 0.589. The van der Waals surface area contributed by atoms with Crippen molar-refractivity contribution in [3.8, 4) is 0 Å². The lowest BCUT2D eigenvalue weighted by Crippen LogP contribution is -2.42. The summed E-state index contributed by atoms with van der Waals surface area (Å²) in [5.74, 6) is 0. The molecule has 1 aliphatic heterocycles. The van der Waals surface area contributed by atoms with Gasteiger partial charge in [-0.1, -0.05) is 12.8 Å². The van der Waals surface area contributed by atoms with Crippen LogP contribution in [0.4, 0.5) is 5.69 Å². The van der Waals surface area contributed by atoms with Crippen molar-refractivity contribution < 1.29 is 13.5 Å². The van der Waals surface area contributed by atoms with Crippen LogP contribution in [0.25, 0.3) is 0 Å². The van der Waals surface area contributed by atoms with Gasteiger partial charge in [-0.05, 0) is 18.9 Å². The van der Waals surface area contributed by atoms with Crippen molar-refractivity contribution in [2.45, 2.75) is 36.6 Å². The summed E-state index contributed by atoms with van der Waals surface area (Å²) < 4.78 is 26.6. The summed E-state index contributed by atoms with van der Waals surface area (Å²) in [6, 6.07) is 1.10. The quantitative estimate of drug-likeness (QED) is 0.847. The minimum absolute atomic E-state index is 0.0235. The average molecular weight is 285 g/mol. The Kier molecular flexibility index (Phi) is 4.38. The second kappa shape index (κ2) is 5.85. The van der Waals surface area contributed by atoms with Crippen molar-refractivity contribution in [2.24, 2.45) is 0 Å². The van der Waals surface area contributed by atoms with E-state index in [-0.39, 0.29) is 23.2 Å². The number of hydrogen-bond donors (Lipinski definition) is 2. The summed E-state index contributed by atoms with van der Waals surface area (Å²) in [6.45, 7) is 0.251. The first-order valence-corrected chi connectivity index (χ1v) is 7.83. The molecule has 1 fully saturated rings. The molecular weight excluding hydrogens is 266 g/mol. The van der Waals surface area contributed by atoms with Crippen LogP contribution in [0.3, 0.4) is 0 Å². The van der Waals surface area contributed by atoms with E-state index in [1.807, 2.05) is 0 Å². The number of aliphatic hydroxyl groups excluding tert-OH is 1. The molecule has 1 aromatic rings. The highest BCUT2D eigenvalue weighted by Gasteiger charge is 2.33. The van der Waals surface area contributed by atoms with E-state index in [1.165, 1.54) is 22.8 Å². The summed E-state index contributed by atoms with van der Waals surface area (Å²) in [5.41, 5.74) is 5.92. The molecule has 3 N–H and O–H groups in total. The van der Waals surface area contributed by atoms with Gasteiger partial charge in [0.15, 0.2) is 0 Å². The van der Waals surface area contributed by atoms with Crippen LogP contribution in [-0.4, -0.2) is 42.0 Å². The number of nitrogens with zero attached hydrogens (tertiary/aromatic N) is 2. The van der Waals surface area contributed by atoms with Crippen molar-refractivity contribution >= 4 is 15.7 Å². The molecule has 7 heteroatoms. The van der Waals surface area contributed by atoms with Gasteiger partial charge >= 0.3 is 0 Å². The van der Waals surface area contributed by atoms with E-state index in [1.54, 1.807) is 0 Å². The monoisotopic (exact) mass is 285 g/mol. The van der Waals surface area contributed by atoms with Crippen molar-refractivity contribution in [1.29, 1.82) is 0 Å². The zero-order valence-corrected chi connectivity index (χ0v) is 11.5. The molecule has 1 aliphatic rings. The summed E-state index contributed by atoms with van der Waals surface area (Å²) in [7, 11) is -3.69. The minimum Gasteiger partial charge on any atom is -0.398 e. The number of aliphatic hydroxyl groups is 1. The Bertz CT molecular complexity index is 533. The molecule has 19 heavy (non-hydrogen) atoms. The van der Waals surface area contributed by atoms with Crippen LogP contribution in [0.5, 0.6) is 0 Å². The molecule has 0 spiro atoms. The van der Waals surface area contributed by atoms with E-state index in [2.05, 4.69) is 4.98 Å². The molecule has 0 bridgehead atoms. The van der Waals surface area contributed by atoms with E-state index in [9.17, 15) is 13.5 Å². The van der Waals surface area contributed by atoms with Gasteiger partial charge in [0.1, 0.15) is 4.90 Å². The molecule has 1 aromatic heterocycles. The Morgan fingerprint density at radius 3 is 2.89 bits per heavy atom. The highest BCUT2D eigenvalue weighted by molar-refractivity contribution is 7.89. The molecule has 1 atom stereocenters. The standard InChI is InChI=1S/C12H19N3O3S/c13-11-5-6-14-8-12(11)19(17,18)15-7-3-1-2-4-10(15)9-16/h5-6,8,10,16H,1-4,7,9H2,(H2,13,14). The Balaban J connectivity index is 2.39. The fraction of sp³-hybridized carbons (Fsp3) is 0.583. The number of pyridine rings is 1. The number of hydrogen-bond acceptors (Lipinski definition) is 5. The molecule has 0 aliphatic carbocycles. The second-order valence-corrected chi connectivity index (χ2v) is 6.57. The first kappa shape index (κ1) is 14.2. The van der Waals surface area contributed by atoms with Crippen LogP contribution in [0.1, 0.15) is 25.7 Å². The third-order valence-corrected chi connectivity index (χ3v) is 5.43. The SMILES string of the molecule is Nc1ccncc1S(=O)(=O)N1CCCCCC1CO. The van der Waals surface area contributed by atoms with Crippen molar-refractivity contribution in [1.82, 2.24) is 9.29 Å². The lowest BCUT2D eigenvalue weighted by Gasteiger charge is -2.27. The molecule has 1 saturated heterocycles. The van der Waals surface area contributed by atoms with E-state index < -0.39 is 10.0 Å². The van der Waals surface area contributed by atoms with E-state index in [0.717, 1.165) is 19.3 Å². The van der Waals surface area contributed by atoms with Gasteiger partial charge in [-0.15, -0.1) is 0 Å². The summed E-state index contributed by atoms with van der Waals surface area (Å²) in [5, 5.41) is 9.41. The Hall–Kier alpha value is -1.18.